The van der Waals surface area contributed by atoms with Gasteiger partial charge in [-0.15, -0.1) is 0 Å². The second-order valence-corrected chi connectivity index (χ2v) is 13.3. The molecular formula is C27H31ClN2O5S2. The fourth-order valence-electron chi connectivity index (χ4n) is 4.34. The highest BCUT2D eigenvalue weighted by molar-refractivity contribution is 7.89. The van der Waals surface area contributed by atoms with Crippen molar-refractivity contribution in [1.82, 2.24) is 8.61 Å². The van der Waals surface area contributed by atoms with E-state index in [1.807, 2.05) is 18.2 Å². The summed E-state index contributed by atoms with van der Waals surface area (Å²) in [5.41, 5.74) is 1.44. The maximum Gasteiger partial charge on any atom is 0.243 e. The summed E-state index contributed by atoms with van der Waals surface area (Å²) in [4.78, 5) is 0.115. The molecular weight excluding hydrogens is 532 g/mol. The summed E-state index contributed by atoms with van der Waals surface area (Å²) in [6, 6.07) is 19.8. The number of halogens is 1. The number of ether oxygens (including phenoxy) is 1. The van der Waals surface area contributed by atoms with Crippen molar-refractivity contribution in [1.29, 1.82) is 0 Å². The summed E-state index contributed by atoms with van der Waals surface area (Å²) in [5, 5.41) is 0.469. The van der Waals surface area contributed by atoms with E-state index in [4.69, 9.17) is 16.3 Å². The molecule has 1 fully saturated rings. The van der Waals surface area contributed by atoms with Crippen LogP contribution in [-0.2, 0) is 33.1 Å². The summed E-state index contributed by atoms with van der Waals surface area (Å²) < 4.78 is 61.9. The van der Waals surface area contributed by atoms with Crippen LogP contribution in [0.15, 0.2) is 82.6 Å². The number of hydrogen-bond acceptors (Lipinski definition) is 5. The molecule has 0 atom stereocenters. The van der Waals surface area contributed by atoms with Gasteiger partial charge in [0.15, 0.2) is 0 Å². The lowest BCUT2D eigenvalue weighted by Crippen LogP contribution is -2.32. The third-order valence-electron chi connectivity index (χ3n) is 6.49. The van der Waals surface area contributed by atoms with Crippen LogP contribution >= 0.6 is 11.6 Å². The fraction of sp³-hybridized carbons (Fsp3) is 0.333. The molecule has 0 spiro atoms. The van der Waals surface area contributed by atoms with Gasteiger partial charge in [-0.05, 0) is 66.4 Å². The molecule has 1 saturated heterocycles. The van der Waals surface area contributed by atoms with E-state index in [2.05, 4.69) is 0 Å². The van der Waals surface area contributed by atoms with E-state index in [-0.39, 0.29) is 22.9 Å². The van der Waals surface area contributed by atoms with Crippen LogP contribution < -0.4 is 4.74 Å². The van der Waals surface area contributed by atoms with Crippen LogP contribution in [0.3, 0.4) is 0 Å². The molecule has 0 radical (unpaired) electrons. The number of sulfonamides is 2. The lowest BCUT2D eigenvalue weighted by Gasteiger charge is -2.24. The average Bonchev–Trinajstić information content (AvgIpc) is 3.20. The molecule has 0 N–H and O–H groups in total. The van der Waals surface area contributed by atoms with Gasteiger partial charge in [0.05, 0.1) is 16.9 Å². The SMILES string of the molecule is COc1ccc(CN(Cc2ccccc2Cl)S(=O)(=O)c2ccc(S(=O)(=O)N3CCCCCC3)cc2)cc1. The maximum absolute atomic E-state index is 13.8. The van der Waals surface area contributed by atoms with Crippen molar-refractivity contribution in [2.45, 2.75) is 48.6 Å². The van der Waals surface area contributed by atoms with Crippen molar-refractivity contribution in [2.24, 2.45) is 0 Å². The topological polar surface area (TPSA) is 84.0 Å². The molecule has 198 valence electrons. The van der Waals surface area contributed by atoms with Gasteiger partial charge >= 0.3 is 0 Å². The Balaban J connectivity index is 1.64. The molecule has 10 heteroatoms. The molecule has 0 aromatic heterocycles. The van der Waals surface area contributed by atoms with Crippen molar-refractivity contribution in [3.63, 3.8) is 0 Å². The van der Waals surface area contributed by atoms with Crippen LogP contribution in [0.4, 0.5) is 0 Å². The van der Waals surface area contributed by atoms with Crippen molar-refractivity contribution in [3.05, 3.63) is 88.9 Å². The van der Waals surface area contributed by atoms with Gasteiger partial charge in [-0.2, -0.15) is 8.61 Å². The van der Waals surface area contributed by atoms with Crippen LogP contribution in [0.1, 0.15) is 36.8 Å². The van der Waals surface area contributed by atoms with Gasteiger partial charge < -0.3 is 4.74 Å². The third kappa shape index (κ3) is 6.53. The second-order valence-electron chi connectivity index (χ2n) is 9.00. The fourth-order valence-corrected chi connectivity index (χ4v) is 7.46. The Kier molecular flexibility index (Phi) is 8.92. The Morgan fingerprint density at radius 1 is 0.784 bits per heavy atom. The van der Waals surface area contributed by atoms with E-state index in [0.717, 1.165) is 31.2 Å². The predicted octanol–water partition coefficient (Wildman–Crippen LogP) is 5.30. The average molecular weight is 563 g/mol. The molecule has 1 aliphatic rings. The minimum absolute atomic E-state index is 0.0166. The van der Waals surface area contributed by atoms with Gasteiger partial charge in [-0.3, -0.25) is 0 Å². The van der Waals surface area contributed by atoms with E-state index >= 15 is 0 Å². The first-order chi connectivity index (χ1) is 17.7. The van der Waals surface area contributed by atoms with Gasteiger partial charge in [0, 0.05) is 31.2 Å². The molecule has 0 saturated carbocycles. The lowest BCUT2D eigenvalue weighted by atomic mass is 10.2. The van der Waals surface area contributed by atoms with E-state index in [1.54, 1.807) is 37.4 Å². The molecule has 4 rings (SSSR count). The molecule has 7 nitrogen and oxygen atoms in total. The number of benzene rings is 3. The first kappa shape index (κ1) is 27.6. The third-order valence-corrected chi connectivity index (χ3v) is 10.6. The Labute approximate surface area is 224 Å². The molecule has 0 bridgehead atoms. The Bertz CT molecular complexity index is 1400. The van der Waals surface area contributed by atoms with Crippen LogP contribution in [0.5, 0.6) is 5.75 Å². The largest absolute Gasteiger partial charge is 0.497 e. The van der Waals surface area contributed by atoms with E-state index in [1.165, 1.54) is 32.9 Å². The molecule has 3 aromatic carbocycles. The number of hydrogen-bond donors (Lipinski definition) is 0. The molecule has 37 heavy (non-hydrogen) atoms. The lowest BCUT2D eigenvalue weighted by molar-refractivity contribution is 0.399. The number of methoxy groups -OCH3 is 1. The minimum Gasteiger partial charge on any atom is -0.497 e. The van der Waals surface area contributed by atoms with E-state index in [9.17, 15) is 16.8 Å². The van der Waals surface area contributed by atoms with Crippen LogP contribution in [-0.4, -0.2) is 45.6 Å². The van der Waals surface area contributed by atoms with E-state index in [0.29, 0.717) is 29.4 Å². The minimum atomic E-state index is -3.99. The molecule has 0 amide bonds. The van der Waals surface area contributed by atoms with Crippen molar-refractivity contribution in [2.75, 3.05) is 20.2 Å². The molecule has 0 aliphatic carbocycles. The molecule has 3 aromatic rings. The first-order valence-electron chi connectivity index (χ1n) is 12.2. The maximum atomic E-state index is 13.8. The zero-order valence-corrected chi connectivity index (χ0v) is 23.1. The second kappa shape index (κ2) is 12.0. The highest BCUT2D eigenvalue weighted by atomic mass is 35.5. The summed E-state index contributed by atoms with van der Waals surface area (Å²) in [5.74, 6) is 0.672. The zero-order valence-electron chi connectivity index (χ0n) is 20.7. The van der Waals surface area contributed by atoms with Gasteiger partial charge in [0.2, 0.25) is 20.0 Å². The summed E-state index contributed by atoms with van der Waals surface area (Å²) in [7, 11) is -6.10. The molecule has 1 aliphatic heterocycles. The van der Waals surface area contributed by atoms with Gasteiger partial charge in [-0.1, -0.05) is 54.8 Å². The van der Waals surface area contributed by atoms with Crippen LogP contribution in [0, 0.1) is 0 Å². The highest BCUT2D eigenvalue weighted by Gasteiger charge is 2.28. The number of nitrogens with zero attached hydrogens (tertiary/aromatic N) is 2. The normalized spacial score (nSPS) is 15.4. The highest BCUT2D eigenvalue weighted by Crippen LogP contribution is 2.27. The molecule has 1 heterocycles. The zero-order chi connectivity index (χ0) is 26.5. The Hall–Kier alpha value is -2.43. The Morgan fingerprint density at radius 2 is 1.38 bits per heavy atom. The quantitative estimate of drug-likeness (QED) is 0.353. The van der Waals surface area contributed by atoms with Crippen LogP contribution in [0.2, 0.25) is 5.02 Å². The Morgan fingerprint density at radius 3 is 1.97 bits per heavy atom. The van der Waals surface area contributed by atoms with Gasteiger partial charge in [-0.25, -0.2) is 16.8 Å². The summed E-state index contributed by atoms with van der Waals surface area (Å²) in [6.45, 7) is 1.12. The summed E-state index contributed by atoms with van der Waals surface area (Å²) >= 11 is 6.35. The summed E-state index contributed by atoms with van der Waals surface area (Å²) in [6.07, 6.45) is 3.68. The molecule has 0 unspecified atom stereocenters. The number of rotatable bonds is 9. The van der Waals surface area contributed by atoms with Crippen molar-refractivity contribution >= 4 is 31.6 Å². The first-order valence-corrected chi connectivity index (χ1v) is 15.4. The van der Waals surface area contributed by atoms with Crippen molar-refractivity contribution < 1.29 is 21.6 Å². The monoisotopic (exact) mass is 562 g/mol. The van der Waals surface area contributed by atoms with Gasteiger partial charge in [0.25, 0.3) is 0 Å². The predicted molar refractivity (Wildman–Crippen MR) is 145 cm³/mol. The van der Waals surface area contributed by atoms with E-state index < -0.39 is 20.0 Å². The smallest absolute Gasteiger partial charge is 0.243 e. The standard InChI is InChI=1S/C27H31ClN2O5S2/c1-35-24-12-10-22(11-13-24)20-30(21-23-8-4-5-9-27(23)28)37(33,34)26-16-14-25(15-17-26)36(31,32)29-18-6-2-3-7-19-29/h4-5,8-17H,2-3,6-7,18-21H2,1H3. The van der Waals surface area contributed by atoms with Crippen LogP contribution in [0.25, 0.3) is 0 Å². The van der Waals surface area contributed by atoms with Crippen molar-refractivity contribution in [3.8, 4) is 5.75 Å². The van der Waals surface area contributed by atoms with Gasteiger partial charge in [0.1, 0.15) is 5.75 Å².